The first-order chi connectivity index (χ1) is 19.5. The van der Waals surface area contributed by atoms with Crippen LogP contribution in [-0.4, -0.2) is 50.5 Å². The molecule has 220 valence electrons. The number of hydrogen-bond acceptors (Lipinski definition) is 4. The zero-order chi connectivity index (χ0) is 30.0. The minimum Gasteiger partial charge on any atom is -0.354 e. The Morgan fingerprint density at radius 1 is 0.902 bits per heavy atom. The van der Waals surface area contributed by atoms with Gasteiger partial charge in [0.25, 0.3) is 0 Å². The molecule has 3 aromatic rings. The minimum absolute atomic E-state index is 0.0707. The van der Waals surface area contributed by atoms with Gasteiger partial charge in [0.05, 0.1) is 11.9 Å². The second-order valence-corrected chi connectivity index (χ2v) is 13.0. The molecule has 0 spiro atoms. The van der Waals surface area contributed by atoms with E-state index >= 15 is 0 Å². The molecule has 0 bridgehead atoms. The highest BCUT2D eigenvalue weighted by atomic mass is 35.5. The number of rotatable bonds is 14. The quantitative estimate of drug-likeness (QED) is 0.262. The van der Waals surface area contributed by atoms with E-state index in [9.17, 15) is 18.0 Å². The molecule has 0 saturated heterocycles. The third kappa shape index (κ3) is 9.61. The lowest BCUT2D eigenvalue weighted by molar-refractivity contribution is -0.141. The smallest absolute Gasteiger partial charge is 0.243 e. The Bertz CT molecular complexity index is 1400. The molecule has 3 rings (SSSR count). The van der Waals surface area contributed by atoms with E-state index < -0.39 is 16.1 Å². The van der Waals surface area contributed by atoms with Crippen molar-refractivity contribution in [3.8, 4) is 0 Å². The molecule has 0 saturated carbocycles. The van der Waals surface area contributed by atoms with Gasteiger partial charge in [-0.15, -0.1) is 0 Å². The van der Waals surface area contributed by atoms with Gasteiger partial charge in [-0.2, -0.15) is 0 Å². The van der Waals surface area contributed by atoms with E-state index in [2.05, 4.69) is 5.32 Å². The van der Waals surface area contributed by atoms with Crippen molar-refractivity contribution in [1.82, 2.24) is 10.2 Å². The normalized spacial score (nSPS) is 12.1. The van der Waals surface area contributed by atoms with Crippen molar-refractivity contribution < 1.29 is 18.0 Å². The van der Waals surface area contributed by atoms with E-state index in [1.54, 1.807) is 30.0 Å². The van der Waals surface area contributed by atoms with Crippen molar-refractivity contribution in [2.75, 3.05) is 23.7 Å². The van der Waals surface area contributed by atoms with Crippen LogP contribution < -0.4 is 9.62 Å². The summed E-state index contributed by atoms with van der Waals surface area (Å²) in [6, 6.07) is 23.6. The van der Waals surface area contributed by atoms with Crippen LogP contribution in [0.5, 0.6) is 0 Å². The van der Waals surface area contributed by atoms with Crippen LogP contribution in [0.3, 0.4) is 0 Å². The van der Waals surface area contributed by atoms with Gasteiger partial charge >= 0.3 is 0 Å². The van der Waals surface area contributed by atoms with Gasteiger partial charge in [-0.05, 0) is 48.1 Å². The predicted octanol–water partition coefficient (Wildman–Crippen LogP) is 5.61. The fourth-order valence-electron chi connectivity index (χ4n) is 4.61. The van der Waals surface area contributed by atoms with Crippen molar-refractivity contribution in [3.63, 3.8) is 0 Å². The molecule has 0 aliphatic heterocycles. The number of benzene rings is 3. The Morgan fingerprint density at radius 3 is 2.10 bits per heavy atom. The lowest BCUT2D eigenvalue weighted by atomic mass is 10.0. The van der Waals surface area contributed by atoms with Crippen LogP contribution in [0.25, 0.3) is 0 Å². The van der Waals surface area contributed by atoms with Gasteiger partial charge in [-0.25, -0.2) is 8.42 Å². The van der Waals surface area contributed by atoms with E-state index in [-0.39, 0.29) is 43.7 Å². The summed E-state index contributed by atoms with van der Waals surface area (Å²) >= 11 is 6.27. The molecule has 1 N–H and O–H groups in total. The lowest BCUT2D eigenvalue weighted by Crippen LogP contribution is -2.51. The average Bonchev–Trinajstić information content (AvgIpc) is 2.94. The number of halogens is 1. The van der Waals surface area contributed by atoms with Crippen molar-refractivity contribution >= 4 is 39.1 Å². The number of anilines is 1. The number of carbonyl (C=O) groups excluding carboxylic acids is 2. The molecule has 2 amide bonds. The molecular weight excluding hydrogens is 558 g/mol. The summed E-state index contributed by atoms with van der Waals surface area (Å²) in [6.45, 7) is 6.68. The average molecular weight is 598 g/mol. The number of nitrogens with one attached hydrogen (secondary N) is 1. The zero-order valence-electron chi connectivity index (χ0n) is 24.2. The molecule has 0 fully saturated rings. The number of sulfonamides is 1. The van der Waals surface area contributed by atoms with Crippen LogP contribution >= 0.6 is 11.6 Å². The molecule has 7 nitrogen and oxygen atoms in total. The first-order valence-corrected chi connectivity index (χ1v) is 16.1. The third-order valence-corrected chi connectivity index (χ3v) is 8.40. The van der Waals surface area contributed by atoms with Gasteiger partial charge in [-0.1, -0.05) is 92.2 Å². The molecular formula is C32H40ClN3O4S. The summed E-state index contributed by atoms with van der Waals surface area (Å²) in [5, 5.41) is 3.49. The maximum Gasteiger partial charge on any atom is 0.243 e. The summed E-state index contributed by atoms with van der Waals surface area (Å²) < 4.78 is 26.7. The Labute approximate surface area is 249 Å². The monoisotopic (exact) mass is 597 g/mol. The topological polar surface area (TPSA) is 86.8 Å². The molecule has 0 heterocycles. The molecule has 1 unspecified atom stereocenters. The van der Waals surface area contributed by atoms with Crippen molar-refractivity contribution in [2.24, 2.45) is 5.92 Å². The molecule has 0 aromatic heterocycles. The van der Waals surface area contributed by atoms with Gasteiger partial charge in [-0.3, -0.25) is 13.9 Å². The van der Waals surface area contributed by atoms with Crippen LogP contribution in [0.2, 0.25) is 5.02 Å². The van der Waals surface area contributed by atoms with Crippen LogP contribution in [-0.2, 0) is 32.6 Å². The van der Waals surface area contributed by atoms with Gasteiger partial charge in [0.2, 0.25) is 21.8 Å². The maximum absolute atomic E-state index is 13.9. The first-order valence-electron chi connectivity index (χ1n) is 13.8. The lowest BCUT2D eigenvalue weighted by Gasteiger charge is -2.32. The number of carbonyl (C=O) groups is 2. The summed E-state index contributed by atoms with van der Waals surface area (Å²) in [7, 11) is -3.62. The number of hydrogen-bond donors (Lipinski definition) is 1. The maximum atomic E-state index is 13.9. The van der Waals surface area contributed by atoms with E-state index in [1.165, 1.54) is 4.31 Å². The highest BCUT2D eigenvalue weighted by Gasteiger charge is 2.30. The van der Waals surface area contributed by atoms with E-state index in [4.69, 9.17) is 11.6 Å². The third-order valence-electron chi connectivity index (χ3n) is 6.81. The van der Waals surface area contributed by atoms with Crippen molar-refractivity contribution in [1.29, 1.82) is 0 Å². The zero-order valence-corrected chi connectivity index (χ0v) is 25.8. The van der Waals surface area contributed by atoms with Gasteiger partial charge in [0.15, 0.2) is 0 Å². The summed E-state index contributed by atoms with van der Waals surface area (Å²) in [6.07, 6.45) is 1.85. The standard InChI is InChI=1S/C32H40ClN3O4S/c1-24(2)22-34-32(38)30(21-26-13-7-5-8-14-26)35(23-27-15-9-6-10-16-27)31(37)19-12-20-36(41(4,39)40)29-18-11-17-28(33)25(29)3/h5-11,13-18,24,30H,12,19-23H2,1-4H3,(H,34,38). The van der Waals surface area contributed by atoms with Gasteiger partial charge in [0, 0.05) is 37.5 Å². The minimum atomic E-state index is -3.62. The highest BCUT2D eigenvalue weighted by Crippen LogP contribution is 2.28. The highest BCUT2D eigenvalue weighted by molar-refractivity contribution is 7.92. The van der Waals surface area contributed by atoms with Crippen molar-refractivity contribution in [2.45, 2.75) is 52.6 Å². The van der Waals surface area contributed by atoms with Gasteiger partial charge < -0.3 is 10.2 Å². The SMILES string of the molecule is Cc1c(Cl)cccc1N(CCCC(=O)N(Cc1ccccc1)C(Cc1ccccc1)C(=O)NCC(C)C)S(C)(=O)=O. The largest absolute Gasteiger partial charge is 0.354 e. The van der Waals surface area contributed by atoms with E-state index in [1.807, 2.05) is 74.5 Å². The molecule has 1 atom stereocenters. The Morgan fingerprint density at radius 2 is 1.51 bits per heavy atom. The fourth-order valence-corrected chi connectivity index (χ4v) is 5.79. The second kappa shape index (κ2) is 15.0. The summed E-state index contributed by atoms with van der Waals surface area (Å²) in [5.74, 6) is -0.170. The first kappa shape index (κ1) is 32.2. The van der Waals surface area contributed by atoms with Crippen LogP contribution in [0.4, 0.5) is 5.69 Å². The summed E-state index contributed by atoms with van der Waals surface area (Å²) in [5.41, 5.74) is 3.00. The molecule has 9 heteroatoms. The second-order valence-electron chi connectivity index (χ2n) is 10.7. The van der Waals surface area contributed by atoms with Gasteiger partial charge in [0.1, 0.15) is 6.04 Å². The van der Waals surface area contributed by atoms with Crippen LogP contribution in [0.15, 0.2) is 78.9 Å². The Balaban J connectivity index is 1.87. The molecule has 3 aromatic carbocycles. The van der Waals surface area contributed by atoms with Crippen LogP contribution in [0, 0.1) is 12.8 Å². The van der Waals surface area contributed by atoms with Crippen LogP contribution in [0.1, 0.15) is 43.4 Å². The number of nitrogens with zero attached hydrogens (tertiary/aromatic N) is 2. The number of amides is 2. The molecule has 41 heavy (non-hydrogen) atoms. The van der Waals surface area contributed by atoms with Crippen molar-refractivity contribution in [3.05, 3.63) is 101 Å². The van der Waals surface area contributed by atoms with E-state index in [0.717, 1.165) is 17.4 Å². The molecule has 0 radical (unpaired) electrons. The Kier molecular flexibility index (Phi) is 11.8. The molecule has 0 aliphatic carbocycles. The molecule has 0 aliphatic rings. The predicted molar refractivity (Wildman–Crippen MR) is 166 cm³/mol. The van der Waals surface area contributed by atoms with E-state index in [0.29, 0.717) is 29.2 Å². The fraction of sp³-hybridized carbons (Fsp3) is 0.375. The summed E-state index contributed by atoms with van der Waals surface area (Å²) in [4.78, 5) is 29.1. The Hall–Kier alpha value is -3.36.